The number of carbonyl (C=O) groups is 2. The van der Waals surface area contributed by atoms with Crippen LogP contribution in [0.5, 0.6) is 0 Å². The SMILES string of the molecule is CC1CCN(C(=O)CNC(=O)CC(C)(C)C)C(CN)C1. The van der Waals surface area contributed by atoms with Gasteiger partial charge in [0.2, 0.25) is 11.8 Å². The van der Waals surface area contributed by atoms with Crippen LogP contribution in [0.25, 0.3) is 0 Å². The van der Waals surface area contributed by atoms with E-state index in [2.05, 4.69) is 12.2 Å². The zero-order valence-electron chi connectivity index (χ0n) is 13.2. The number of hydrogen-bond donors (Lipinski definition) is 2. The molecule has 1 saturated heterocycles. The van der Waals surface area contributed by atoms with E-state index in [9.17, 15) is 9.59 Å². The van der Waals surface area contributed by atoms with Crippen molar-refractivity contribution in [1.82, 2.24) is 10.2 Å². The van der Waals surface area contributed by atoms with Crippen molar-refractivity contribution in [3.8, 4) is 0 Å². The van der Waals surface area contributed by atoms with Gasteiger partial charge in [0.25, 0.3) is 0 Å². The average Bonchev–Trinajstić information content (AvgIpc) is 2.33. The van der Waals surface area contributed by atoms with Gasteiger partial charge in [-0.1, -0.05) is 27.7 Å². The van der Waals surface area contributed by atoms with E-state index in [1.54, 1.807) is 0 Å². The maximum Gasteiger partial charge on any atom is 0.242 e. The van der Waals surface area contributed by atoms with E-state index >= 15 is 0 Å². The van der Waals surface area contributed by atoms with Crippen LogP contribution in [-0.4, -0.2) is 42.4 Å². The number of piperidine rings is 1. The summed E-state index contributed by atoms with van der Waals surface area (Å²) in [6.45, 7) is 9.53. The predicted octanol–water partition coefficient (Wildman–Crippen LogP) is 1.12. The van der Waals surface area contributed by atoms with Crippen molar-refractivity contribution >= 4 is 11.8 Å². The maximum atomic E-state index is 12.2. The number of nitrogens with zero attached hydrogens (tertiary/aromatic N) is 1. The normalized spacial score (nSPS) is 23.6. The van der Waals surface area contributed by atoms with Crippen LogP contribution in [0.15, 0.2) is 0 Å². The summed E-state index contributed by atoms with van der Waals surface area (Å²) in [4.78, 5) is 25.8. The van der Waals surface area contributed by atoms with E-state index in [1.807, 2.05) is 25.7 Å². The zero-order valence-corrected chi connectivity index (χ0v) is 13.2. The molecule has 0 aromatic heterocycles. The summed E-state index contributed by atoms with van der Waals surface area (Å²) in [5.74, 6) is 0.526. The van der Waals surface area contributed by atoms with Crippen molar-refractivity contribution in [2.75, 3.05) is 19.6 Å². The molecular formula is C15H29N3O2. The van der Waals surface area contributed by atoms with Gasteiger partial charge in [-0.25, -0.2) is 0 Å². The third-order valence-corrected chi connectivity index (χ3v) is 3.70. The molecule has 1 heterocycles. The van der Waals surface area contributed by atoms with Crippen LogP contribution in [-0.2, 0) is 9.59 Å². The summed E-state index contributed by atoms with van der Waals surface area (Å²) in [5.41, 5.74) is 5.69. The number of rotatable bonds is 4. The van der Waals surface area contributed by atoms with Crippen LogP contribution in [0.4, 0.5) is 0 Å². The molecule has 0 saturated carbocycles. The number of nitrogens with two attached hydrogens (primary N) is 1. The Hall–Kier alpha value is -1.10. The molecule has 0 spiro atoms. The molecule has 0 bridgehead atoms. The van der Waals surface area contributed by atoms with Crippen LogP contribution in [0.3, 0.4) is 0 Å². The summed E-state index contributed by atoms with van der Waals surface area (Å²) in [6, 6.07) is 0.116. The molecule has 20 heavy (non-hydrogen) atoms. The molecule has 1 aliphatic heterocycles. The molecule has 0 aromatic rings. The highest BCUT2D eigenvalue weighted by Crippen LogP contribution is 2.22. The lowest BCUT2D eigenvalue weighted by Gasteiger charge is -2.38. The van der Waals surface area contributed by atoms with E-state index in [0.29, 0.717) is 18.9 Å². The quantitative estimate of drug-likeness (QED) is 0.812. The first kappa shape index (κ1) is 17.0. The predicted molar refractivity (Wildman–Crippen MR) is 80.0 cm³/mol. The fraction of sp³-hybridized carbons (Fsp3) is 0.867. The average molecular weight is 283 g/mol. The van der Waals surface area contributed by atoms with Gasteiger partial charge in [-0.3, -0.25) is 9.59 Å². The van der Waals surface area contributed by atoms with Crippen LogP contribution < -0.4 is 11.1 Å². The highest BCUT2D eigenvalue weighted by molar-refractivity contribution is 5.85. The fourth-order valence-corrected chi connectivity index (χ4v) is 2.62. The lowest BCUT2D eigenvalue weighted by atomic mass is 9.92. The van der Waals surface area contributed by atoms with Crippen molar-refractivity contribution in [2.24, 2.45) is 17.1 Å². The first-order valence-electron chi connectivity index (χ1n) is 7.49. The Morgan fingerprint density at radius 3 is 2.55 bits per heavy atom. The van der Waals surface area contributed by atoms with Gasteiger partial charge < -0.3 is 16.0 Å². The summed E-state index contributed by atoms with van der Waals surface area (Å²) in [6.07, 6.45) is 2.40. The lowest BCUT2D eigenvalue weighted by molar-refractivity contribution is -0.136. The molecule has 5 nitrogen and oxygen atoms in total. The summed E-state index contributed by atoms with van der Waals surface area (Å²) < 4.78 is 0. The molecule has 0 radical (unpaired) electrons. The monoisotopic (exact) mass is 283 g/mol. The van der Waals surface area contributed by atoms with E-state index in [0.717, 1.165) is 19.4 Å². The molecule has 0 aromatic carbocycles. The van der Waals surface area contributed by atoms with Gasteiger partial charge in [0, 0.05) is 25.6 Å². The smallest absolute Gasteiger partial charge is 0.242 e. The Morgan fingerprint density at radius 2 is 2.00 bits per heavy atom. The Kier molecular flexibility index (Phi) is 5.99. The molecule has 5 heteroatoms. The Bertz CT molecular complexity index is 350. The molecule has 3 N–H and O–H groups in total. The second-order valence-electron chi connectivity index (χ2n) is 7.12. The Labute approximate surface area is 122 Å². The van der Waals surface area contributed by atoms with Gasteiger partial charge in [-0.05, 0) is 24.2 Å². The number of carbonyl (C=O) groups excluding carboxylic acids is 2. The van der Waals surface area contributed by atoms with Crippen molar-refractivity contribution < 1.29 is 9.59 Å². The van der Waals surface area contributed by atoms with Gasteiger partial charge in [0.15, 0.2) is 0 Å². The Balaban J connectivity index is 2.44. The van der Waals surface area contributed by atoms with Crippen molar-refractivity contribution in [1.29, 1.82) is 0 Å². The lowest BCUT2D eigenvalue weighted by Crippen LogP contribution is -2.52. The van der Waals surface area contributed by atoms with Crippen molar-refractivity contribution in [3.05, 3.63) is 0 Å². The topological polar surface area (TPSA) is 75.4 Å². The highest BCUT2D eigenvalue weighted by atomic mass is 16.2. The highest BCUT2D eigenvalue weighted by Gasteiger charge is 2.29. The number of likely N-dealkylation sites (tertiary alicyclic amines) is 1. The molecule has 1 aliphatic rings. The first-order chi connectivity index (χ1) is 9.23. The first-order valence-corrected chi connectivity index (χ1v) is 7.49. The van der Waals surface area contributed by atoms with E-state index in [-0.39, 0.29) is 29.8 Å². The van der Waals surface area contributed by atoms with E-state index in [4.69, 9.17) is 5.73 Å². The van der Waals surface area contributed by atoms with Crippen molar-refractivity contribution in [3.63, 3.8) is 0 Å². The second-order valence-corrected chi connectivity index (χ2v) is 7.12. The minimum absolute atomic E-state index is 0.0189. The molecule has 2 unspecified atom stereocenters. The number of hydrogen-bond acceptors (Lipinski definition) is 3. The minimum atomic E-state index is -0.0690. The van der Waals surface area contributed by atoms with Crippen LogP contribution in [0, 0.1) is 11.3 Å². The van der Waals surface area contributed by atoms with E-state index in [1.165, 1.54) is 0 Å². The van der Waals surface area contributed by atoms with Crippen LogP contribution in [0.1, 0.15) is 47.0 Å². The van der Waals surface area contributed by atoms with Gasteiger partial charge in [-0.2, -0.15) is 0 Å². The summed E-state index contributed by atoms with van der Waals surface area (Å²) >= 11 is 0. The van der Waals surface area contributed by atoms with Gasteiger partial charge in [0.05, 0.1) is 6.54 Å². The Morgan fingerprint density at radius 1 is 1.35 bits per heavy atom. The summed E-state index contributed by atoms with van der Waals surface area (Å²) in [5, 5.41) is 2.72. The standard InChI is InChI=1S/C15H29N3O2/c1-11-5-6-18(12(7-11)9-16)14(20)10-17-13(19)8-15(2,3)4/h11-12H,5-10,16H2,1-4H3,(H,17,19). The molecule has 2 amide bonds. The second kappa shape index (κ2) is 7.07. The minimum Gasteiger partial charge on any atom is -0.347 e. The number of amides is 2. The fourth-order valence-electron chi connectivity index (χ4n) is 2.62. The molecule has 1 fully saturated rings. The summed E-state index contributed by atoms with van der Waals surface area (Å²) in [7, 11) is 0. The molecule has 2 atom stereocenters. The maximum absolute atomic E-state index is 12.2. The van der Waals surface area contributed by atoms with Crippen molar-refractivity contribution in [2.45, 2.75) is 53.0 Å². The van der Waals surface area contributed by atoms with Crippen LogP contribution in [0.2, 0.25) is 0 Å². The molecule has 0 aliphatic carbocycles. The third kappa shape index (κ3) is 5.49. The number of nitrogens with one attached hydrogen (secondary N) is 1. The van der Waals surface area contributed by atoms with E-state index < -0.39 is 0 Å². The molecule has 116 valence electrons. The van der Waals surface area contributed by atoms with Crippen LogP contribution >= 0.6 is 0 Å². The van der Waals surface area contributed by atoms with Gasteiger partial charge in [-0.15, -0.1) is 0 Å². The third-order valence-electron chi connectivity index (χ3n) is 3.70. The molecular weight excluding hydrogens is 254 g/mol. The van der Waals surface area contributed by atoms with Gasteiger partial charge >= 0.3 is 0 Å². The zero-order chi connectivity index (χ0) is 15.3. The van der Waals surface area contributed by atoms with Gasteiger partial charge in [0.1, 0.15) is 0 Å². The largest absolute Gasteiger partial charge is 0.347 e. The molecule has 1 rings (SSSR count).